The molecule has 2 aromatic carbocycles. The number of nitrogens with zero attached hydrogens (tertiary/aromatic N) is 2. The summed E-state index contributed by atoms with van der Waals surface area (Å²) in [5, 5.41) is 1.25. The highest BCUT2D eigenvalue weighted by atomic mass is 35.5. The number of H-pyrrole nitrogens is 1. The van der Waals surface area contributed by atoms with Crippen LogP contribution in [-0.2, 0) is 16.1 Å². The summed E-state index contributed by atoms with van der Waals surface area (Å²) in [4.78, 5) is 35.2. The van der Waals surface area contributed by atoms with Gasteiger partial charge in [-0.15, -0.1) is 11.8 Å². The van der Waals surface area contributed by atoms with Gasteiger partial charge in [-0.05, 0) is 48.6 Å². The molecule has 3 aromatic rings. The van der Waals surface area contributed by atoms with Crippen LogP contribution >= 0.6 is 23.4 Å². The van der Waals surface area contributed by atoms with Gasteiger partial charge in [0.05, 0.1) is 24.1 Å². The van der Waals surface area contributed by atoms with Crippen molar-refractivity contribution in [3.8, 4) is 0 Å². The minimum atomic E-state index is -0.200. The fraction of sp³-hybridized carbons (Fsp3) is 0.318. The molecule has 0 saturated carbocycles. The lowest BCUT2D eigenvalue weighted by Crippen LogP contribution is -2.34. The van der Waals surface area contributed by atoms with Gasteiger partial charge >= 0.3 is 0 Å². The SMILES string of the molecule is COCCN(Cc1nc2ccccc2c(=O)[nH]1)C(=O)CCCSc1ccc(Cl)cc1. The Hall–Kier alpha value is -2.35. The molecule has 0 atom stereocenters. The Kier molecular flexibility index (Phi) is 8.30. The molecule has 0 fully saturated rings. The standard InChI is InChI=1S/C22H24ClN3O3S/c1-29-13-12-26(15-20-24-19-6-3-2-5-18(19)22(28)25-20)21(27)7-4-14-30-17-10-8-16(23)9-11-17/h2-3,5-6,8-11H,4,7,12-15H2,1H3,(H,24,25,28). The maximum Gasteiger partial charge on any atom is 0.258 e. The van der Waals surface area contributed by atoms with Crippen LogP contribution in [0.5, 0.6) is 0 Å². The maximum atomic E-state index is 12.8. The second-order valence-electron chi connectivity index (χ2n) is 6.74. The summed E-state index contributed by atoms with van der Waals surface area (Å²) >= 11 is 7.60. The van der Waals surface area contributed by atoms with Crippen LogP contribution < -0.4 is 5.56 Å². The Labute approximate surface area is 184 Å². The molecule has 0 bridgehead atoms. The van der Waals surface area contributed by atoms with E-state index in [4.69, 9.17) is 16.3 Å². The third-order valence-electron chi connectivity index (χ3n) is 4.54. The third kappa shape index (κ3) is 6.32. The van der Waals surface area contributed by atoms with Gasteiger partial charge < -0.3 is 14.6 Å². The van der Waals surface area contributed by atoms with Gasteiger partial charge in [0.25, 0.3) is 5.56 Å². The Balaban J connectivity index is 1.59. The number of aromatic amines is 1. The molecule has 0 saturated heterocycles. The fourth-order valence-corrected chi connectivity index (χ4v) is 3.97. The number of carbonyl (C=O) groups is 1. The molecule has 1 heterocycles. The first-order valence-corrected chi connectivity index (χ1v) is 11.1. The molecular weight excluding hydrogens is 422 g/mol. The van der Waals surface area contributed by atoms with E-state index < -0.39 is 0 Å². The van der Waals surface area contributed by atoms with Crippen LogP contribution in [0.25, 0.3) is 10.9 Å². The third-order valence-corrected chi connectivity index (χ3v) is 5.89. The average Bonchev–Trinajstić information content (AvgIpc) is 2.75. The van der Waals surface area contributed by atoms with Crippen molar-refractivity contribution in [2.75, 3.05) is 26.0 Å². The lowest BCUT2D eigenvalue weighted by molar-refractivity contribution is -0.132. The number of nitrogens with one attached hydrogen (secondary N) is 1. The molecule has 8 heteroatoms. The molecule has 0 aliphatic heterocycles. The molecule has 6 nitrogen and oxygen atoms in total. The van der Waals surface area contributed by atoms with Crippen LogP contribution in [-0.4, -0.2) is 46.8 Å². The van der Waals surface area contributed by atoms with E-state index in [1.165, 1.54) is 0 Å². The molecule has 0 aliphatic carbocycles. The minimum Gasteiger partial charge on any atom is -0.383 e. The predicted octanol–water partition coefficient (Wildman–Crippen LogP) is 4.12. The predicted molar refractivity (Wildman–Crippen MR) is 121 cm³/mol. The fourth-order valence-electron chi connectivity index (χ4n) is 2.99. The molecule has 30 heavy (non-hydrogen) atoms. The number of thioether (sulfide) groups is 1. The number of fused-ring (bicyclic) bond motifs is 1. The maximum absolute atomic E-state index is 12.8. The number of benzene rings is 2. The molecule has 1 amide bonds. The molecular formula is C22H24ClN3O3S. The summed E-state index contributed by atoms with van der Waals surface area (Å²) in [7, 11) is 1.60. The zero-order valence-corrected chi connectivity index (χ0v) is 18.3. The summed E-state index contributed by atoms with van der Waals surface area (Å²) in [6.45, 7) is 1.10. The minimum absolute atomic E-state index is 0.0135. The highest BCUT2D eigenvalue weighted by Gasteiger charge is 2.15. The van der Waals surface area contributed by atoms with Crippen LogP contribution in [0.4, 0.5) is 0 Å². The highest BCUT2D eigenvalue weighted by Crippen LogP contribution is 2.21. The molecule has 1 N–H and O–H groups in total. The lowest BCUT2D eigenvalue weighted by Gasteiger charge is -2.22. The van der Waals surface area contributed by atoms with E-state index in [1.54, 1.807) is 42.0 Å². The summed E-state index contributed by atoms with van der Waals surface area (Å²) in [6.07, 6.45) is 1.17. The monoisotopic (exact) mass is 445 g/mol. The van der Waals surface area contributed by atoms with E-state index >= 15 is 0 Å². The number of carbonyl (C=O) groups excluding carboxylic acids is 1. The summed E-state index contributed by atoms with van der Waals surface area (Å²) in [6, 6.07) is 14.8. The van der Waals surface area contributed by atoms with Gasteiger partial charge in [-0.2, -0.15) is 0 Å². The highest BCUT2D eigenvalue weighted by molar-refractivity contribution is 7.99. The molecule has 0 spiro atoms. The zero-order chi connectivity index (χ0) is 21.3. The first kappa shape index (κ1) is 22.3. The Bertz CT molecular complexity index is 1040. The second-order valence-corrected chi connectivity index (χ2v) is 8.35. The van der Waals surface area contributed by atoms with Crippen LogP contribution in [0.1, 0.15) is 18.7 Å². The van der Waals surface area contributed by atoms with Crippen molar-refractivity contribution >= 4 is 40.2 Å². The number of halogens is 1. The van der Waals surface area contributed by atoms with Crippen molar-refractivity contribution in [3.05, 3.63) is 69.7 Å². The zero-order valence-electron chi connectivity index (χ0n) is 16.8. The van der Waals surface area contributed by atoms with Gasteiger partial charge in [-0.3, -0.25) is 9.59 Å². The van der Waals surface area contributed by atoms with Crippen molar-refractivity contribution in [2.45, 2.75) is 24.3 Å². The largest absolute Gasteiger partial charge is 0.383 e. The molecule has 158 valence electrons. The topological polar surface area (TPSA) is 75.3 Å². The molecule has 0 radical (unpaired) electrons. The first-order valence-electron chi connectivity index (χ1n) is 9.70. The lowest BCUT2D eigenvalue weighted by atomic mass is 10.2. The molecule has 3 rings (SSSR count). The number of para-hydroxylation sites is 1. The summed E-state index contributed by atoms with van der Waals surface area (Å²) < 4.78 is 5.15. The van der Waals surface area contributed by atoms with Crippen molar-refractivity contribution in [2.24, 2.45) is 0 Å². The number of methoxy groups -OCH3 is 1. The van der Waals surface area contributed by atoms with Crippen molar-refractivity contribution in [1.82, 2.24) is 14.9 Å². The molecule has 0 aliphatic rings. The van der Waals surface area contributed by atoms with Crippen molar-refractivity contribution in [3.63, 3.8) is 0 Å². The normalized spacial score (nSPS) is 11.0. The quantitative estimate of drug-likeness (QED) is 0.375. The van der Waals surface area contributed by atoms with E-state index in [2.05, 4.69) is 9.97 Å². The van der Waals surface area contributed by atoms with E-state index in [9.17, 15) is 9.59 Å². The Morgan fingerprint density at radius 3 is 2.73 bits per heavy atom. The van der Waals surface area contributed by atoms with E-state index in [0.29, 0.717) is 41.3 Å². The van der Waals surface area contributed by atoms with Gasteiger partial charge in [-0.1, -0.05) is 23.7 Å². The second kappa shape index (κ2) is 11.2. The van der Waals surface area contributed by atoms with Crippen LogP contribution in [0, 0.1) is 0 Å². The summed E-state index contributed by atoms with van der Waals surface area (Å²) in [5.74, 6) is 1.31. The van der Waals surface area contributed by atoms with Gasteiger partial charge in [-0.25, -0.2) is 4.98 Å². The number of amides is 1. The van der Waals surface area contributed by atoms with Gasteiger partial charge in [0, 0.05) is 30.0 Å². The molecule has 1 aromatic heterocycles. The van der Waals surface area contributed by atoms with Crippen LogP contribution in [0.15, 0.2) is 58.2 Å². The van der Waals surface area contributed by atoms with Gasteiger partial charge in [0.15, 0.2) is 0 Å². The van der Waals surface area contributed by atoms with Crippen LogP contribution in [0.2, 0.25) is 5.02 Å². The Morgan fingerprint density at radius 1 is 1.20 bits per heavy atom. The number of ether oxygens (including phenoxy) is 1. The summed E-state index contributed by atoms with van der Waals surface area (Å²) in [5.41, 5.74) is 0.420. The Morgan fingerprint density at radius 2 is 1.97 bits per heavy atom. The number of aromatic nitrogens is 2. The van der Waals surface area contributed by atoms with E-state index in [-0.39, 0.29) is 18.0 Å². The van der Waals surface area contributed by atoms with Gasteiger partial charge in [0.2, 0.25) is 5.91 Å². The first-order chi connectivity index (χ1) is 14.6. The average molecular weight is 446 g/mol. The van der Waals surface area contributed by atoms with Crippen molar-refractivity contribution in [1.29, 1.82) is 0 Å². The van der Waals surface area contributed by atoms with Crippen LogP contribution in [0.3, 0.4) is 0 Å². The van der Waals surface area contributed by atoms with E-state index in [1.807, 2.05) is 30.3 Å². The number of hydrogen-bond donors (Lipinski definition) is 1. The van der Waals surface area contributed by atoms with Gasteiger partial charge in [0.1, 0.15) is 5.82 Å². The number of hydrogen-bond acceptors (Lipinski definition) is 5. The van der Waals surface area contributed by atoms with E-state index in [0.717, 1.165) is 17.1 Å². The number of rotatable bonds is 10. The van der Waals surface area contributed by atoms with Crippen molar-refractivity contribution < 1.29 is 9.53 Å². The smallest absolute Gasteiger partial charge is 0.258 e. The molecule has 0 unspecified atom stereocenters.